The van der Waals surface area contributed by atoms with E-state index in [2.05, 4.69) is 20.9 Å². The Morgan fingerprint density at radius 3 is 2.61 bits per heavy atom. The molecular formula is C19H19BrN2O4S2. The molecule has 0 saturated heterocycles. The minimum Gasteiger partial charge on any atom is -0.497 e. The van der Waals surface area contributed by atoms with Gasteiger partial charge in [-0.2, -0.15) is 4.99 Å². The maximum Gasteiger partial charge on any atom is 0.248 e. The quantitative estimate of drug-likeness (QED) is 0.536. The number of hydrogen-bond acceptors (Lipinski definition) is 5. The number of thiazole rings is 1. The zero-order valence-corrected chi connectivity index (χ0v) is 18.6. The van der Waals surface area contributed by atoms with Crippen molar-refractivity contribution in [2.24, 2.45) is 12.0 Å². The molecule has 0 aliphatic carbocycles. The number of carbonyl (C=O) groups is 1. The summed E-state index contributed by atoms with van der Waals surface area (Å²) in [6.45, 7) is 0. The summed E-state index contributed by atoms with van der Waals surface area (Å²) < 4.78 is 33.6. The van der Waals surface area contributed by atoms with E-state index in [1.807, 2.05) is 29.8 Å². The normalized spacial score (nSPS) is 12.5. The Bertz CT molecular complexity index is 1180. The Morgan fingerprint density at radius 1 is 1.21 bits per heavy atom. The van der Waals surface area contributed by atoms with Gasteiger partial charge in [-0.1, -0.05) is 27.3 Å². The molecule has 3 rings (SSSR count). The highest BCUT2D eigenvalue weighted by Crippen LogP contribution is 2.21. The lowest BCUT2D eigenvalue weighted by Gasteiger charge is -2.05. The van der Waals surface area contributed by atoms with Crippen molar-refractivity contribution in [3.63, 3.8) is 0 Å². The van der Waals surface area contributed by atoms with Crippen molar-refractivity contribution in [1.82, 2.24) is 4.57 Å². The van der Waals surface area contributed by atoms with Crippen molar-refractivity contribution in [3.8, 4) is 5.75 Å². The maximum absolute atomic E-state index is 12.4. The highest BCUT2D eigenvalue weighted by molar-refractivity contribution is 9.10. The Labute approximate surface area is 175 Å². The number of benzene rings is 2. The van der Waals surface area contributed by atoms with Crippen LogP contribution in [-0.4, -0.2) is 31.8 Å². The summed E-state index contributed by atoms with van der Waals surface area (Å²) in [6.07, 6.45) is 0.296. The third kappa shape index (κ3) is 4.71. The molecular weight excluding hydrogens is 464 g/mol. The van der Waals surface area contributed by atoms with Gasteiger partial charge in [-0.3, -0.25) is 4.79 Å². The number of carbonyl (C=O) groups excluding carboxylic acids is 1. The number of hydrogen-bond donors (Lipinski definition) is 0. The average Bonchev–Trinajstić information content (AvgIpc) is 2.96. The predicted molar refractivity (Wildman–Crippen MR) is 113 cm³/mol. The fourth-order valence-electron chi connectivity index (χ4n) is 2.69. The van der Waals surface area contributed by atoms with E-state index in [1.54, 1.807) is 12.1 Å². The molecule has 0 saturated carbocycles. The minimum atomic E-state index is -3.44. The van der Waals surface area contributed by atoms with E-state index in [1.165, 1.54) is 30.6 Å². The molecule has 2 aromatic carbocycles. The lowest BCUT2D eigenvalue weighted by Crippen LogP contribution is -2.14. The van der Waals surface area contributed by atoms with Crippen LogP contribution in [0.3, 0.4) is 0 Å². The van der Waals surface area contributed by atoms with Gasteiger partial charge in [-0.15, -0.1) is 0 Å². The molecule has 1 amide bonds. The SMILES string of the molecule is COc1ccc(S(=O)(=O)CCCC(=O)N=c2sc3cc(Br)ccc3n2C)cc1. The summed E-state index contributed by atoms with van der Waals surface area (Å²) >= 11 is 4.85. The molecule has 0 spiro atoms. The maximum atomic E-state index is 12.4. The molecule has 1 aromatic heterocycles. The average molecular weight is 483 g/mol. The molecule has 0 bridgehead atoms. The largest absolute Gasteiger partial charge is 0.497 e. The van der Waals surface area contributed by atoms with Gasteiger partial charge in [0.25, 0.3) is 0 Å². The second-order valence-corrected chi connectivity index (χ2v) is 10.2. The topological polar surface area (TPSA) is 77.7 Å². The van der Waals surface area contributed by atoms with Gasteiger partial charge in [0, 0.05) is 17.9 Å². The molecule has 1 heterocycles. The van der Waals surface area contributed by atoms with E-state index in [0.717, 1.165) is 14.7 Å². The van der Waals surface area contributed by atoms with Crippen LogP contribution in [0, 0.1) is 0 Å². The molecule has 0 aliphatic rings. The third-order valence-electron chi connectivity index (χ3n) is 4.21. The standard InChI is InChI=1S/C19H19BrN2O4S2/c1-22-16-10-5-13(20)12-17(16)27-19(22)21-18(23)4-3-11-28(24,25)15-8-6-14(26-2)7-9-15/h5-10,12H,3-4,11H2,1-2H3. The van der Waals surface area contributed by atoms with Gasteiger partial charge in [0.2, 0.25) is 5.91 Å². The number of aromatic nitrogens is 1. The van der Waals surface area contributed by atoms with Crippen molar-refractivity contribution in [3.05, 3.63) is 51.7 Å². The highest BCUT2D eigenvalue weighted by Gasteiger charge is 2.15. The van der Waals surface area contributed by atoms with E-state index < -0.39 is 9.84 Å². The highest BCUT2D eigenvalue weighted by atomic mass is 79.9. The van der Waals surface area contributed by atoms with Gasteiger partial charge in [0.05, 0.1) is 28.0 Å². The minimum absolute atomic E-state index is 0.0767. The first-order valence-electron chi connectivity index (χ1n) is 8.49. The summed E-state index contributed by atoms with van der Waals surface area (Å²) in [5.74, 6) is 0.161. The molecule has 0 unspecified atom stereocenters. The number of amides is 1. The zero-order valence-electron chi connectivity index (χ0n) is 15.4. The number of rotatable bonds is 6. The van der Waals surface area contributed by atoms with Crippen LogP contribution >= 0.6 is 27.3 Å². The van der Waals surface area contributed by atoms with Gasteiger partial charge < -0.3 is 9.30 Å². The number of aryl methyl sites for hydroxylation is 1. The number of halogens is 1. The van der Waals surface area contributed by atoms with Crippen LogP contribution in [0.5, 0.6) is 5.75 Å². The van der Waals surface area contributed by atoms with Crippen molar-refractivity contribution in [1.29, 1.82) is 0 Å². The van der Waals surface area contributed by atoms with Crippen LogP contribution in [0.2, 0.25) is 0 Å². The van der Waals surface area contributed by atoms with Gasteiger partial charge in [0.15, 0.2) is 14.6 Å². The fourth-order valence-corrected chi connectivity index (χ4v) is 5.59. The zero-order chi connectivity index (χ0) is 20.3. The summed E-state index contributed by atoms with van der Waals surface area (Å²) in [4.78, 5) is 17.2. The second kappa shape index (κ2) is 8.59. The molecule has 28 heavy (non-hydrogen) atoms. The lowest BCUT2D eigenvalue weighted by atomic mass is 10.3. The summed E-state index contributed by atoms with van der Waals surface area (Å²) in [5.41, 5.74) is 0.988. The lowest BCUT2D eigenvalue weighted by molar-refractivity contribution is -0.118. The first kappa shape index (κ1) is 20.8. The van der Waals surface area contributed by atoms with Gasteiger partial charge in [-0.25, -0.2) is 8.42 Å². The van der Waals surface area contributed by atoms with E-state index in [4.69, 9.17) is 4.74 Å². The number of methoxy groups -OCH3 is 1. The van der Waals surface area contributed by atoms with E-state index in [-0.39, 0.29) is 29.4 Å². The van der Waals surface area contributed by atoms with Crippen LogP contribution in [0.4, 0.5) is 0 Å². The van der Waals surface area contributed by atoms with Crippen molar-refractivity contribution >= 4 is 53.2 Å². The van der Waals surface area contributed by atoms with Gasteiger partial charge in [0.1, 0.15) is 5.75 Å². The third-order valence-corrected chi connectivity index (χ3v) is 7.62. The predicted octanol–water partition coefficient (Wildman–Crippen LogP) is 3.69. The molecule has 0 aliphatic heterocycles. The summed E-state index contributed by atoms with van der Waals surface area (Å²) in [5, 5.41) is 0. The monoisotopic (exact) mass is 482 g/mol. The number of nitrogens with zero attached hydrogens (tertiary/aromatic N) is 2. The number of ether oxygens (including phenoxy) is 1. The number of fused-ring (bicyclic) bond motifs is 1. The van der Waals surface area contributed by atoms with Crippen LogP contribution < -0.4 is 9.54 Å². The molecule has 0 radical (unpaired) electrons. The molecule has 3 aromatic rings. The van der Waals surface area contributed by atoms with Crippen molar-refractivity contribution in [2.45, 2.75) is 17.7 Å². The molecule has 9 heteroatoms. The van der Waals surface area contributed by atoms with Gasteiger partial charge >= 0.3 is 0 Å². The Hall–Kier alpha value is -1.97. The van der Waals surface area contributed by atoms with Crippen molar-refractivity contribution < 1.29 is 17.9 Å². The first-order valence-corrected chi connectivity index (χ1v) is 11.8. The number of sulfone groups is 1. The fraction of sp³-hybridized carbons (Fsp3) is 0.263. The molecule has 148 valence electrons. The van der Waals surface area contributed by atoms with E-state index in [9.17, 15) is 13.2 Å². The molecule has 0 atom stereocenters. The Balaban J connectivity index is 1.67. The van der Waals surface area contributed by atoms with Crippen LogP contribution in [-0.2, 0) is 21.7 Å². The van der Waals surface area contributed by atoms with Crippen LogP contribution in [0.1, 0.15) is 12.8 Å². The van der Waals surface area contributed by atoms with E-state index >= 15 is 0 Å². The smallest absolute Gasteiger partial charge is 0.248 e. The van der Waals surface area contributed by atoms with Crippen LogP contribution in [0.15, 0.2) is 56.8 Å². The first-order chi connectivity index (χ1) is 13.3. The molecule has 0 N–H and O–H groups in total. The second-order valence-electron chi connectivity index (χ2n) is 6.16. The Morgan fingerprint density at radius 2 is 1.93 bits per heavy atom. The van der Waals surface area contributed by atoms with Crippen molar-refractivity contribution in [2.75, 3.05) is 12.9 Å². The van der Waals surface area contributed by atoms with Gasteiger partial charge in [-0.05, 0) is 48.9 Å². The summed E-state index contributed by atoms with van der Waals surface area (Å²) in [7, 11) is -0.0685. The molecule has 6 nitrogen and oxygen atoms in total. The van der Waals surface area contributed by atoms with Crippen LogP contribution in [0.25, 0.3) is 10.2 Å². The Kier molecular flexibility index (Phi) is 6.36. The molecule has 0 fully saturated rings. The summed E-state index contributed by atoms with van der Waals surface area (Å²) in [6, 6.07) is 12.1. The van der Waals surface area contributed by atoms with E-state index in [0.29, 0.717) is 10.6 Å².